The Morgan fingerprint density at radius 1 is 1.08 bits per heavy atom. The van der Waals surface area contributed by atoms with E-state index in [1.54, 1.807) is 0 Å². The van der Waals surface area contributed by atoms with Gasteiger partial charge in [-0.3, -0.25) is 4.79 Å². The first-order valence-corrected chi connectivity index (χ1v) is 9.55. The van der Waals surface area contributed by atoms with E-state index in [1.807, 2.05) is 53.4 Å². The van der Waals surface area contributed by atoms with Crippen molar-refractivity contribution in [1.29, 1.82) is 0 Å². The Kier molecular flexibility index (Phi) is 4.93. The number of amides is 1. The zero-order valence-corrected chi connectivity index (χ0v) is 15.2. The predicted octanol–water partition coefficient (Wildman–Crippen LogP) is 3.05. The number of hydrogen-bond donors (Lipinski definition) is 1. The molecule has 3 atom stereocenters. The average Bonchev–Trinajstić information content (AvgIpc) is 3.29. The molecule has 4 rings (SSSR count). The molecule has 2 aliphatic rings. The summed E-state index contributed by atoms with van der Waals surface area (Å²) in [6, 6.07) is 17.9. The van der Waals surface area contributed by atoms with E-state index >= 15 is 0 Å². The van der Waals surface area contributed by atoms with E-state index in [9.17, 15) is 4.79 Å². The monoisotopic (exact) mass is 350 g/mol. The van der Waals surface area contributed by atoms with Gasteiger partial charge in [-0.1, -0.05) is 55.5 Å². The Morgan fingerprint density at radius 2 is 1.73 bits per heavy atom. The summed E-state index contributed by atoms with van der Waals surface area (Å²) in [4.78, 5) is 15.4. The van der Waals surface area contributed by atoms with E-state index in [0.29, 0.717) is 11.8 Å². The van der Waals surface area contributed by atoms with Gasteiger partial charge in [0.2, 0.25) is 6.10 Å². The molecule has 0 radical (unpaired) electrons. The summed E-state index contributed by atoms with van der Waals surface area (Å²) in [6.45, 7) is 5.81. The highest BCUT2D eigenvalue weighted by Crippen LogP contribution is 2.32. The molecular weight excluding hydrogens is 324 g/mol. The molecule has 1 unspecified atom stereocenters. The minimum atomic E-state index is -0.587. The number of benzene rings is 2. The van der Waals surface area contributed by atoms with Crippen LogP contribution in [0.2, 0.25) is 0 Å². The van der Waals surface area contributed by atoms with Crippen LogP contribution in [0, 0.1) is 11.8 Å². The summed E-state index contributed by atoms with van der Waals surface area (Å²) >= 11 is 0. The molecule has 136 valence electrons. The van der Waals surface area contributed by atoms with E-state index in [0.717, 1.165) is 49.5 Å². The zero-order valence-electron chi connectivity index (χ0n) is 15.2. The Balaban J connectivity index is 1.60. The summed E-state index contributed by atoms with van der Waals surface area (Å²) in [5, 5.41) is 3.43. The molecule has 0 spiro atoms. The molecule has 2 aromatic carbocycles. The van der Waals surface area contributed by atoms with Gasteiger partial charge in [-0.2, -0.15) is 0 Å². The first-order valence-electron chi connectivity index (χ1n) is 9.55. The van der Waals surface area contributed by atoms with Crippen LogP contribution in [0.3, 0.4) is 0 Å². The van der Waals surface area contributed by atoms with Gasteiger partial charge in [0.25, 0.3) is 5.91 Å². The van der Waals surface area contributed by atoms with Crippen molar-refractivity contribution in [3.05, 3.63) is 65.7 Å². The van der Waals surface area contributed by atoms with E-state index in [2.05, 4.69) is 18.3 Å². The molecule has 2 saturated heterocycles. The lowest BCUT2D eigenvalue weighted by atomic mass is 10.0. The highest BCUT2D eigenvalue weighted by Gasteiger charge is 2.40. The smallest absolute Gasteiger partial charge is 0.268 e. The number of fused-ring (bicyclic) bond motifs is 1. The fraction of sp³-hybridized carbons (Fsp3) is 0.409. The SMILES string of the molecule is CCc1ccccc1OC(C(=O)N1C[C@H]2CNC[C@H]2C1)c1ccccc1. The van der Waals surface area contributed by atoms with Gasteiger partial charge in [-0.15, -0.1) is 0 Å². The molecule has 26 heavy (non-hydrogen) atoms. The number of carbonyl (C=O) groups is 1. The molecule has 1 amide bonds. The van der Waals surface area contributed by atoms with Crippen LogP contribution < -0.4 is 10.1 Å². The van der Waals surface area contributed by atoms with Crippen molar-refractivity contribution < 1.29 is 9.53 Å². The fourth-order valence-corrected chi connectivity index (χ4v) is 4.13. The largest absolute Gasteiger partial charge is 0.476 e. The van der Waals surface area contributed by atoms with E-state index in [1.165, 1.54) is 0 Å². The van der Waals surface area contributed by atoms with Crippen molar-refractivity contribution in [2.75, 3.05) is 26.2 Å². The quantitative estimate of drug-likeness (QED) is 0.901. The third kappa shape index (κ3) is 3.34. The Labute approximate surface area is 155 Å². The maximum absolute atomic E-state index is 13.4. The molecular formula is C22H26N2O2. The van der Waals surface area contributed by atoms with Crippen molar-refractivity contribution in [3.63, 3.8) is 0 Å². The normalized spacial score (nSPS) is 22.9. The van der Waals surface area contributed by atoms with Gasteiger partial charge < -0.3 is 15.0 Å². The van der Waals surface area contributed by atoms with Crippen molar-refractivity contribution >= 4 is 5.91 Å². The molecule has 2 aromatic rings. The highest BCUT2D eigenvalue weighted by molar-refractivity contribution is 5.83. The second kappa shape index (κ2) is 7.50. The minimum absolute atomic E-state index is 0.0801. The second-order valence-corrected chi connectivity index (χ2v) is 7.29. The van der Waals surface area contributed by atoms with Crippen molar-refractivity contribution in [2.24, 2.45) is 11.8 Å². The molecule has 0 bridgehead atoms. The Hall–Kier alpha value is -2.33. The minimum Gasteiger partial charge on any atom is -0.476 e. The lowest BCUT2D eigenvalue weighted by molar-refractivity contribution is -0.138. The summed E-state index contributed by atoms with van der Waals surface area (Å²) in [5.41, 5.74) is 2.04. The van der Waals surface area contributed by atoms with Crippen molar-refractivity contribution in [2.45, 2.75) is 19.4 Å². The molecule has 0 saturated carbocycles. The van der Waals surface area contributed by atoms with Gasteiger partial charge in [-0.05, 0) is 29.9 Å². The number of nitrogens with zero attached hydrogens (tertiary/aromatic N) is 1. The maximum Gasteiger partial charge on any atom is 0.268 e. The first kappa shape index (κ1) is 17.1. The number of ether oxygens (including phenoxy) is 1. The van der Waals surface area contributed by atoms with Crippen LogP contribution in [0.4, 0.5) is 0 Å². The van der Waals surface area contributed by atoms with Gasteiger partial charge in [0.1, 0.15) is 5.75 Å². The number of aryl methyl sites for hydroxylation is 1. The van der Waals surface area contributed by atoms with Gasteiger partial charge in [0.05, 0.1) is 0 Å². The van der Waals surface area contributed by atoms with Gasteiger partial charge >= 0.3 is 0 Å². The van der Waals surface area contributed by atoms with Crippen molar-refractivity contribution in [1.82, 2.24) is 10.2 Å². The average molecular weight is 350 g/mol. The number of rotatable bonds is 5. The number of hydrogen-bond acceptors (Lipinski definition) is 3. The van der Waals surface area contributed by atoms with Gasteiger partial charge in [0.15, 0.2) is 0 Å². The van der Waals surface area contributed by atoms with Crippen LogP contribution >= 0.6 is 0 Å². The Morgan fingerprint density at radius 3 is 2.42 bits per heavy atom. The second-order valence-electron chi connectivity index (χ2n) is 7.29. The lowest BCUT2D eigenvalue weighted by Gasteiger charge is -2.26. The third-order valence-electron chi connectivity index (χ3n) is 5.63. The van der Waals surface area contributed by atoms with Crippen molar-refractivity contribution in [3.8, 4) is 5.75 Å². The van der Waals surface area contributed by atoms with E-state index in [-0.39, 0.29) is 5.91 Å². The highest BCUT2D eigenvalue weighted by atomic mass is 16.5. The molecule has 4 heteroatoms. The Bertz CT molecular complexity index is 750. The first-order chi connectivity index (χ1) is 12.8. The van der Waals surface area contributed by atoms with Crippen LogP contribution in [0.1, 0.15) is 24.2 Å². The molecule has 2 fully saturated rings. The number of carbonyl (C=O) groups excluding carboxylic acids is 1. The summed E-state index contributed by atoms with van der Waals surface area (Å²) < 4.78 is 6.31. The van der Waals surface area contributed by atoms with Crippen LogP contribution in [0.15, 0.2) is 54.6 Å². The predicted molar refractivity (Wildman–Crippen MR) is 102 cm³/mol. The summed E-state index contributed by atoms with van der Waals surface area (Å²) in [6.07, 6.45) is 0.293. The van der Waals surface area contributed by atoms with Crippen LogP contribution in [-0.2, 0) is 11.2 Å². The molecule has 1 N–H and O–H groups in total. The van der Waals surface area contributed by atoms with Gasteiger partial charge in [0, 0.05) is 31.7 Å². The van der Waals surface area contributed by atoms with Crippen LogP contribution in [-0.4, -0.2) is 37.0 Å². The van der Waals surface area contributed by atoms with Gasteiger partial charge in [-0.25, -0.2) is 0 Å². The molecule has 0 aliphatic carbocycles. The number of para-hydroxylation sites is 1. The number of nitrogens with one attached hydrogen (secondary N) is 1. The topological polar surface area (TPSA) is 41.6 Å². The summed E-state index contributed by atoms with van der Waals surface area (Å²) in [7, 11) is 0. The molecule has 2 heterocycles. The van der Waals surface area contributed by atoms with E-state index < -0.39 is 6.10 Å². The molecule has 0 aromatic heterocycles. The standard InChI is InChI=1S/C22H26N2O2/c1-2-16-8-6-7-11-20(16)26-21(17-9-4-3-5-10-17)22(25)24-14-18-12-23-13-19(18)15-24/h3-11,18-19,21,23H,2,12-15H2,1H3/t18-,19+,21?. The van der Waals surface area contributed by atoms with Crippen LogP contribution in [0.25, 0.3) is 0 Å². The number of likely N-dealkylation sites (tertiary alicyclic amines) is 1. The summed E-state index contributed by atoms with van der Waals surface area (Å²) in [5.74, 6) is 2.05. The zero-order chi connectivity index (χ0) is 17.9. The maximum atomic E-state index is 13.4. The molecule has 4 nitrogen and oxygen atoms in total. The fourth-order valence-electron chi connectivity index (χ4n) is 4.13. The van der Waals surface area contributed by atoms with Crippen LogP contribution in [0.5, 0.6) is 5.75 Å². The lowest BCUT2D eigenvalue weighted by Crippen LogP contribution is -2.37. The third-order valence-corrected chi connectivity index (χ3v) is 5.63. The molecule has 2 aliphatic heterocycles. The van der Waals surface area contributed by atoms with E-state index in [4.69, 9.17) is 4.74 Å².